The maximum atomic E-state index is 13.1. The first-order valence-corrected chi connectivity index (χ1v) is 9.09. The van der Waals surface area contributed by atoms with Gasteiger partial charge in [0, 0.05) is 6.08 Å². The van der Waals surface area contributed by atoms with E-state index in [1.165, 1.54) is 16.9 Å². The molecule has 28 heavy (non-hydrogen) atoms. The molecule has 146 valence electrons. The van der Waals surface area contributed by atoms with Crippen LogP contribution in [0.1, 0.15) is 18.4 Å². The van der Waals surface area contributed by atoms with Crippen LogP contribution in [0.5, 0.6) is 5.75 Å². The minimum atomic E-state index is -0.509. The fraction of sp³-hybridized carbons (Fsp3) is 0.250. The van der Waals surface area contributed by atoms with Crippen molar-refractivity contribution in [3.63, 3.8) is 0 Å². The van der Waals surface area contributed by atoms with Gasteiger partial charge in [0.2, 0.25) is 0 Å². The lowest BCUT2D eigenvalue weighted by Gasteiger charge is -2.19. The normalized spacial score (nSPS) is 15.5. The van der Waals surface area contributed by atoms with Crippen LogP contribution in [-0.4, -0.2) is 42.2 Å². The van der Waals surface area contributed by atoms with E-state index in [1.807, 2.05) is 13.8 Å². The van der Waals surface area contributed by atoms with Crippen LogP contribution in [0.2, 0.25) is 0 Å². The number of carbonyl (C=O) groups excluding carboxylic acids is 2. The number of benzene rings is 1. The second-order valence-corrected chi connectivity index (χ2v) is 6.36. The molecule has 0 radical (unpaired) electrons. The van der Waals surface area contributed by atoms with Crippen LogP contribution in [0.25, 0.3) is 6.08 Å². The first-order valence-electron chi connectivity index (χ1n) is 8.68. The lowest BCUT2D eigenvalue weighted by Crippen LogP contribution is -2.35. The van der Waals surface area contributed by atoms with E-state index in [0.29, 0.717) is 29.6 Å². The number of furan rings is 1. The summed E-state index contributed by atoms with van der Waals surface area (Å²) in [5.41, 5.74) is 0.811. The molecule has 7 nitrogen and oxygen atoms in total. The maximum absolute atomic E-state index is 13.1. The molecule has 0 N–H and O–H groups in total. The molecule has 1 aliphatic rings. The molecule has 1 aromatic heterocycles. The number of esters is 1. The van der Waals surface area contributed by atoms with Crippen molar-refractivity contribution in [1.82, 2.24) is 4.90 Å². The minimum absolute atomic E-state index is 0.180. The molecule has 0 spiro atoms. The van der Waals surface area contributed by atoms with E-state index in [9.17, 15) is 9.59 Å². The number of ether oxygens (including phenoxy) is 2. The Balaban J connectivity index is 1.98. The summed E-state index contributed by atoms with van der Waals surface area (Å²) in [5.74, 6) is 1.03. The Bertz CT molecular complexity index is 932. The number of hydrogen-bond donors (Lipinski definition) is 0. The molecule has 1 aliphatic heterocycles. The van der Waals surface area contributed by atoms with E-state index >= 15 is 0 Å². The van der Waals surface area contributed by atoms with E-state index in [2.05, 4.69) is 0 Å². The van der Waals surface area contributed by atoms with Crippen LogP contribution >= 0.6 is 12.2 Å². The molecule has 2 heterocycles. The first-order chi connectivity index (χ1) is 13.4. The Labute approximate surface area is 168 Å². The van der Waals surface area contributed by atoms with Crippen LogP contribution in [0.3, 0.4) is 0 Å². The molecular formula is C20H20N2O5S. The van der Waals surface area contributed by atoms with Gasteiger partial charge < -0.3 is 18.8 Å². The number of thiocarbonyl (C=S) groups is 1. The van der Waals surface area contributed by atoms with Crippen LogP contribution in [0.15, 0.2) is 46.5 Å². The zero-order valence-electron chi connectivity index (χ0n) is 15.8. The Morgan fingerprint density at radius 2 is 1.93 bits per heavy atom. The van der Waals surface area contributed by atoms with Gasteiger partial charge in [-0.25, -0.2) is 0 Å². The van der Waals surface area contributed by atoms with Gasteiger partial charge >= 0.3 is 5.97 Å². The predicted octanol–water partition coefficient (Wildman–Crippen LogP) is 3.13. The Kier molecular flexibility index (Phi) is 5.79. The SMILES string of the molecule is CCOc1ccc(N2C(=O)C(=Cc3ccc(C)o3)N(CC(=O)OC)C2=S)cc1. The summed E-state index contributed by atoms with van der Waals surface area (Å²) in [4.78, 5) is 27.8. The number of methoxy groups -OCH3 is 1. The van der Waals surface area contributed by atoms with Crippen molar-refractivity contribution in [3.05, 3.63) is 53.6 Å². The van der Waals surface area contributed by atoms with E-state index in [-0.39, 0.29) is 23.3 Å². The third kappa shape index (κ3) is 3.91. The Morgan fingerprint density at radius 1 is 1.21 bits per heavy atom. The van der Waals surface area contributed by atoms with E-state index in [0.717, 1.165) is 0 Å². The number of nitrogens with zero attached hydrogens (tertiary/aromatic N) is 2. The molecule has 0 unspecified atom stereocenters. The summed E-state index contributed by atoms with van der Waals surface area (Å²) in [7, 11) is 1.28. The smallest absolute Gasteiger partial charge is 0.325 e. The summed E-state index contributed by atoms with van der Waals surface area (Å²) >= 11 is 5.49. The molecule has 8 heteroatoms. The molecule has 1 amide bonds. The molecule has 0 bridgehead atoms. The summed E-state index contributed by atoms with van der Waals surface area (Å²) in [5, 5.41) is 0.189. The zero-order chi connectivity index (χ0) is 20.3. The van der Waals surface area contributed by atoms with Crippen molar-refractivity contribution in [2.75, 3.05) is 25.2 Å². The lowest BCUT2D eigenvalue weighted by molar-refractivity contribution is -0.140. The highest BCUT2D eigenvalue weighted by molar-refractivity contribution is 7.80. The van der Waals surface area contributed by atoms with Crippen molar-refractivity contribution >= 4 is 41.0 Å². The molecule has 3 rings (SSSR count). The number of aryl methyl sites for hydroxylation is 1. The molecule has 0 atom stereocenters. The van der Waals surface area contributed by atoms with Crippen LogP contribution in [0, 0.1) is 6.92 Å². The van der Waals surface area contributed by atoms with Gasteiger partial charge in [-0.15, -0.1) is 0 Å². The predicted molar refractivity (Wildman–Crippen MR) is 108 cm³/mol. The van der Waals surface area contributed by atoms with Crippen molar-refractivity contribution in [3.8, 4) is 5.75 Å². The number of carbonyl (C=O) groups is 2. The topological polar surface area (TPSA) is 72.2 Å². The van der Waals surface area contributed by atoms with Gasteiger partial charge in [-0.3, -0.25) is 14.5 Å². The lowest BCUT2D eigenvalue weighted by atomic mass is 10.2. The highest BCUT2D eigenvalue weighted by Crippen LogP contribution is 2.30. The monoisotopic (exact) mass is 400 g/mol. The number of hydrogen-bond acceptors (Lipinski definition) is 6. The zero-order valence-corrected chi connectivity index (χ0v) is 16.6. The average Bonchev–Trinajstić information content (AvgIpc) is 3.19. The van der Waals surface area contributed by atoms with Crippen molar-refractivity contribution in [2.45, 2.75) is 13.8 Å². The van der Waals surface area contributed by atoms with Gasteiger partial charge in [0.25, 0.3) is 5.91 Å². The van der Waals surface area contributed by atoms with Gasteiger partial charge in [0.1, 0.15) is 29.5 Å². The third-order valence-corrected chi connectivity index (χ3v) is 4.50. The number of rotatable bonds is 6. The fourth-order valence-corrected chi connectivity index (χ4v) is 3.13. The fourth-order valence-electron chi connectivity index (χ4n) is 2.78. The first kappa shape index (κ1) is 19.6. The number of anilines is 1. The molecule has 1 fully saturated rings. The molecule has 1 saturated heterocycles. The van der Waals surface area contributed by atoms with Gasteiger partial charge in [0.15, 0.2) is 5.11 Å². The third-order valence-electron chi connectivity index (χ3n) is 4.10. The van der Waals surface area contributed by atoms with Crippen LogP contribution in [0.4, 0.5) is 5.69 Å². The molecular weight excluding hydrogens is 380 g/mol. The summed E-state index contributed by atoms with van der Waals surface area (Å²) in [6.07, 6.45) is 1.57. The second-order valence-electron chi connectivity index (χ2n) is 5.99. The molecule has 0 saturated carbocycles. The molecule has 2 aromatic rings. The van der Waals surface area contributed by atoms with Crippen LogP contribution in [-0.2, 0) is 14.3 Å². The van der Waals surface area contributed by atoms with E-state index < -0.39 is 5.97 Å². The highest BCUT2D eigenvalue weighted by Gasteiger charge is 2.40. The highest BCUT2D eigenvalue weighted by atomic mass is 32.1. The van der Waals surface area contributed by atoms with Crippen molar-refractivity contribution < 1.29 is 23.5 Å². The largest absolute Gasteiger partial charge is 0.494 e. The van der Waals surface area contributed by atoms with Gasteiger partial charge in [-0.05, 0) is 62.5 Å². The standard InChI is InChI=1S/C20H20N2O5S/c1-4-26-15-9-6-14(7-10-15)22-19(24)17(11-16-8-5-13(2)27-16)21(20(22)28)12-18(23)25-3/h5-11H,4,12H2,1-3H3. The molecule has 0 aliphatic carbocycles. The van der Waals surface area contributed by atoms with Gasteiger partial charge in [-0.2, -0.15) is 0 Å². The maximum Gasteiger partial charge on any atom is 0.325 e. The van der Waals surface area contributed by atoms with Crippen molar-refractivity contribution in [2.24, 2.45) is 0 Å². The van der Waals surface area contributed by atoms with Crippen molar-refractivity contribution in [1.29, 1.82) is 0 Å². The van der Waals surface area contributed by atoms with Crippen LogP contribution < -0.4 is 9.64 Å². The van der Waals surface area contributed by atoms with E-state index in [1.54, 1.807) is 42.5 Å². The summed E-state index contributed by atoms with van der Waals surface area (Å²) in [6.45, 7) is 4.07. The van der Waals surface area contributed by atoms with Gasteiger partial charge in [-0.1, -0.05) is 0 Å². The summed E-state index contributed by atoms with van der Waals surface area (Å²) in [6, 6.07) is 10.5. The average molecular weight is 400 g/mol. The summed E-state index contributed by atoms with van der Waals surface area (Å²) < 4.78 is 15.7. The quantitative estimate of drug-likeness (QED) is 0.419. The minimum Gasteiger partial charge on any atom is -0.494 e. The van der Waals surface area contributed by atoms with Gasteiger partial charge in [0.05, 0.1) is 19.4 Å². The van der Waals surface area contributed by atoms with E-state index in [4.69, 9.17) is 26.1 Å². The number of amides is 1. The second kappa shape index (κ2) is 8.26. The Morgan fingerprint density at radius 3 is 2.50 bits per heavy atom. The Hall–Kier alpha value is -3.13. The molecule has 1 aromatic carbocycles.